The van der Waals surface area contributed by atoms with E-state index in [1.807, 2.05) is 42.2 Å². The average Bonchev–Trinajstić information content (AvgIpc) is 2.76. The van der Waals surface area contributed by atoms with Crippen molar-refractivity contribution in [2.24, 2.45) is 7.05 Å². The Kier molecular flexibility index (Phi) is 4.09. The zero-order chi connectivity index (χ0) is 13.4. The molecule has 0 atom stereocenters. The van der Waals surface area contributed by atoms with E-state index in [-0.39, 0.29) is 24.0 Å². The SMILES string of the molecule is Cc1cccc(-n2c[n+](C)c3c(C#N)cccc32)c1.[I-]. The Labute approximate surface area is 135 Å². The number of imidazole rings is 1. The molecule has 0 saturated carbocycles. The predicted molar refractivity (Wildman–Crippen MR) is 73.9 cm³/mol. The van der Waals surface area contributed by atoms with Gasteiger partial charge in [0.15, 0.2) is 11.0 Å². The molecule has 0 N–H and O–H groups in total. The third-order valence-electron chi connectivity index (χ3n) is 3.32. The van der Waals surface area contributed by atoms with Gasteiger partial charge in [0, 0.05) is 0 Å². The van der Waals surface area contributed by atoms with Gasteiger partial charge in [-0.05, 0) is 36.8 Å². The van der Waals surface area contributed by atoms with Crippen molar-refractivity contribution in [3.63, 3.8) is 0 Å². The second-order valence-corrected chi connectivity index (χ2v) is 4.72. The highest BCUT2D eigenvalue weighted by molar-refractivity contribution is 5.80. The number of hydrogen-bond donors (Lipinski definition) is 0. The summed E-state index contributed by atoms with van der Waals surface area (Å²) < 4.78 is 4.11. The molecule has 0 aliphatic heterocycles. The number of nitrogens with zero attached hydrogens (tertiary/aromatic N) is 3. The molecular formula is C16H14IN3. The van der Waals surface area contributed by atoms with Crippen LogP contribution < -0.4 is 28.5 Å². The van der Waals surface area contributed by atoms with Gasteiger partial charge in [0.05, 0.1) is 7.05 Å². The third-order valence-corrected chi connectivity index (χ3v) is 3.32. The molecule has 3 rings (SSSR count). The van der Waals surface area contributed by atoms with Gasteiger partial charge in [-0.3, -0.25) is 0 Å². The van der Waals surface area contributed by atoms with E-state index < -0.39 is 0 Å². The number of rotatable bonds is 1. The summed E-state index contributed by atoms with van der Waals surface area (Å²) >= 11 is 0. The Morgan fingerprint density at radius 2 is 1.90 bits per heavy atom. The van der Waals surface area contributed by atoms with Crippen molar-refractivity contribution in [1.29, 1.82) is 5.26 Å². The monoisotopic (exact) mass is 375 g/mol. The summed E-state index contributed by atoms with van der Waals surface area (Å²) in [5.74, 6) is 0. The van der Waals surface area contributed by atoms with Crippen LogP contribution in [0.4, 0.5) is 0 Å². The van der Waals surface area contributed by atoms with E-state index in [9.17, 15) is 5.26 Å². The number of aryl methyl sites for hydroxylation is 2. The third kappa shape index (κ3) is 2.29. The summed E-state index contributed by atoms with van der Waals surface area (Å²) in [4.78, 5) is 0. The highest BCUT2D eigenvalue weighted by Gasteiger charge is 2.17. The molecule has 3 aromatic rings. The highest BCUT2D eigenvalue weighted by Crippen LogP contribution is 2.20. The van der Waals surface area contributed by atoms with E-state index in [1.54, 1.807) is 0 Å². The van der Waals surface area contributed by atoms with Crippen molar-refractivity contribution in [2.75, 3.05) is 0 Å². The van der Waals surface area contributed by atoms with E-state index in [4.69, 9.17) is 0 Å². The number of aromatic nitrogens is 2. The van der Waals surface area contributed by atoms with Gasteiger partial charge in [-0.15, -0.1) is 0 Å². The van der Waals surface area contributed by atoms with Gasteiger partial charge >= 0.3 is 0 Å². The predicted octanol–water partition coefficient (Wildman–Crippen LogP) is -0.361. The summed E-state index contributed by atoms with van der Waals surface area (Å²) in [6, 6.07) is 16.4. The first-order chi connectivity index (χ1) is 9.20. The zero-order valence-corrected chi connectivity index (χ0v) is 13.5. The maximum Gasteiger partial charge on any atom is 0.249 e. The standard InChI is InChI=1S/C16H14N3.HI/c1-12-5-3-7-14(9-12)19-11-18(2)16-13(10-17)6-4-8-15(16)19;/h3-9,11H,1-2H3;1H/q+1;/p-1. The molecule has 100 valence electrons. The molecule has 0 radical (unpaired) electrons. The van der Waals surface area contributed by atoms with Crippen molar-refractivity contribution in [3.8, 4) is 11.8 Å². The van der Waals surface area contributed by atoms with Crippen LogP contribution in [0.1, 0.15) is 11.1 Å². The van der Waals surface area contributed by atoms with E-state index in [0.29, 0.717) is 5.56 Å². The normalized spacial score (nSPS) is 10.1. The molecule has 0 fully saturated rings. The second-order valence-electron chi connectivity index (χ2n) is 4.72. The van der Waals surface area contributed by atoms with Crippen molar-refractivity contribution in [3.05, 3.63) is 59.9 Å². The topological polar surface area (TPSA) is 32.6 Å². The van der Waals surface area contributed by atoms with Crippen LogP contribution in [0.5, 0.6) is 0 Å². The summed E-state index contributed by atoms with van der Waals surface area (Å²) in [6.45, 7) is 2.08. The smallest absolute Gasteiger partial charge is 0.249 e. The first-order valence-electron chi connectivity index (χ1n) is 6.17. The van der Waals surface area contributed by atoms with E-state index in [1.165, 1.54) is 5.56 Å². The molecule has 0 unspecified atom stereocenters. The van der Waals surface area contributed by atoms with Crippen LogP contribution >= 0.6 is 0 Å². The highest BCUT2D eigenvalue weighted by atomic mass is 127. The van der Waals surface area contributed by atoms with Gasteiger partial charge in [0.1, 0.15) is 17.3 Å². The Morgan fingerprint density at radius 3 is 2.60 bits per heavy atom. The molecule has 0 aliphatic rings. The molecule has 20 heavy (non-hydrogen) atoms. The van der Waals surface area contributed by atoms with Crippen molar-refractivity contribution in [1.82, 2.24) is 4.57 Å². The first kappa shape index (κ1) is 14.5. The summed E-state index contributed by atoms with van der Waals surface area (Å²) in [5.41, 5.74) is 5.05. The average molecular weight is 375 g/mol. The molecule has 3 nitrogen and oxygen atoms in total. The lowest BCUT2D eigenvalue weighted by molar-refractivity contribution is -0.645. The van der Waals surface area contributed by atoms with Gasteiger partial charge in [0.25, 0.3) is 0 Å². The van der Waals surface area contributed by atoms with Crippen LogP contribution in [0.3, 0.4) is 0 Å². The molecule has 4 heteroatoms. The Bertz CT molecular complexity index is 812. The first-order valence-corrected chi connectivity index (χ1v) is 6.17. The quantitative estimate of drug-likeness (QED) is 0.423. The van der Waals surface area contributed by atoms with E-state index >= 15 is 0 Å². The molecule has 0 amide bonds. The van der Waals surface area contributed by atoms with Gasteiger partial charge in [-0.2, -0.15) is 9.83 Å². The van der Waals surface area contributed by atoms with E-state index in [2.05, 4.69) is 35.8 Å². The van der Waals surface area contributed by atoms with Gasteiger partial charge in [-0.1, -0.05) is 18.2 Å². The van der Waals surface area contributed by atoms with Crippen LogP contribution in [0, 0.1) is 18.3 Å². The molecule has 1 aromatic heterocycles. The van der Waals surface area contributed by atoms with E-state index in [0.717, 1.165) is 16.7 Å². The molecular weight excluding hydrogens is 361 g/mol. The number of nitriles is 1. The minimum atomic E-state index is 0. The van der Waals surface area contributed by atoms with Crippen LogP contribution in [-0.2, 0) is 7.05 Å². The molecule has 2 aromatic carbocycles. The lowest BCUT2D eigenvalue weighted by Crippen LogP contribution is -3.00. The molecule has 0 bridgehead atoms. The van der Waals surface area contributed by atoms with Crippen LogP contribution in [0.25, 0.3) is 16.7 Å². The van der Waals surface area contributed by atoms with Gasteiger partial charge in [-0.25, -0.2) is 4.57 Å². The largest absolute Gasteiger partial charge is 1.00 e. The second kappa shape index (κ2) is 5.63. The maximum absolute atomic E-state index is 9.21. The number of hydrogen-bond acceptors (Lipinski definition) is 1. The van der Waals surface area contributed by atoms with Crippen LogP contribution in [-0.4, -0.2) is 4.57 Å². The number of benzene rings is 2. The number of fused-ring (bicyclic) bond motifs is 1. The molecule has 0 aliphatic carbocycles. The summed E-state index contributed by atoms with van der Waals surface area (Å²) in [5, 5.41) is 9.21. The Balaban J connectivity index is 0.00000147. The fourth-order valence-corrected chi connectivity index (χ4v) is 2.46. The number of halogens is 1. The van der Waals surface area contributed by atoms with Crippen LogP contribution in [0.15, 0.2) is 48.8 Å². The lowest BCUT2D eigenvalue weighted by Gasteiger charge is -1.98. The Morgan fingerprint density at radius 1 is 1.15 bits per heavy atom. The minimum absolute atomic E-state index is 0. The van der Waals surface area contributed by atoms with Crippen molar-refractivity contribution < 1.29 is 28.5 Å². The fourth-order valence-electron chi connectivity index (χ4n) is 2.46. The maximum atomic E-state index is 9.21. The minimum Gasteiger partial charge on any atom is -1.00 e. The summed E-state index contributed by atoms with van der Waals surface area (Å²) in [6.07, 6.45) is 2.01. The number of para-hydroxylation sites is 1. The van der Waals surface area contributed by atoms with Gasteiger partial charge < -0.3 is 24.0 Å². The lowest BCUT2D eigenvalue weighted by atomic mass is 10.2. The van der Waals surface area contributed by atoms with Crippen LogP contribution in [0.2, 0.25) is 0 Å². The van der Waals surface area contributed by atoms with Crippen molar-refractivity contribution in [2.45, 2.75) is 6.92 Å². The molecule has 1 heterocycles. The zero-order valence-electron chi connectivity index (χ0n) is 11.3. The molecule has 0 saturated heterocycles. The van der Waals surface area contributed by atoms with Crippen molar-refractivity contribution >= 4 is 11.0 Å². The Hall–Kier alpha value is -1.87. The van der Waals surface area contributed by atoms with Gasteiger partial charge in [0.2, 0.25) is 6.33 Å². The molecule has 0 spiro atoms. The summed E-state index contributed by atoms with van der Waals surface area (Å²) in [7, 11) is 1.97. The fraction of sp³-hybridized carbons (Fsp3) is 0.125.